The van der Waals surface area contributed by atoms with Crippen molar-refractivity contribution >= 4 is 21.8 Å². The van der Waals surface area contributed by atoms with E-state index in [0.717, 1.165) is 0 Å². The monoisotopic (exact) mass is 332 g/mol. The molecule has 1 aromatic rings. The molecule has 0 atom stereocenters. The Morgan fingerprint density at radius 3 is 2.79 bits per heavy atom. The van der Waals surface area contributed by atoms with Crippen molar-refractivity contribution in [2.24, 2.45) is 0 Å². The van der Waals surface area contributed by atoms with E-state index in [1.54, 1.807) is 18.7 Å². The van der Waals surface area contributed by atoms with Gasteiger partial charge in [0, 0.05) is 25.2 Å². The van der Waals surface area contributed by atoms with Gasteiger partial charge in [-0.25, -0.2) is 8.78 Å². The molecule has 104 valence electrons. The van der Waals surface area contributed by atoms with E-state index in [2.05, 4.69) is 21.2 Å². The number of benzene rings is 1. The quantitative estimate of drug-likeness (QED) is 0.843. The molecule has 0 bridgehead atoms. The summed E-state index contributed by atoms with van der Waals surface area (Å²) in [7, 11) is 0. The van der Waals surface area contributed by atoms with Gasteiger partial charge in [-0.2, -0.15) is 0 Å². The van der Waals surface area contributed by atoms with Crippen molar-refractivity contribution in [3.05, 3.63) is 33.8 Å². The third-order valence-corrected chi connectivity index (χ3v) is 4.11. The second kappa shape index (κ2) is 5.17. The van der Waals surface area contributed by atoms with Crippen LogP contribution in [0.15, 0.2) is 16.6 Å². The van der Waals surface area contributed by atoms with Crippen molar-refractivity contribution in [1.29, 1.82) is 0 Å². The molecule has 0 radical (unpaired) electrons. The molecule has 19 heavy (non-hydrogen) atoms. The highest BCUT2D eigenvalue weighted by molar-refractivity contribution is 9.10. The first-order chi connectivity index (χ1) is 8.84. The number of amides is 1. The van der Waals surface area contributed by atoms with Crippen LogP contribution in [0.2, 0.25) is 0 Å². The maximum absolute atomic E-state index is 14.0. The summed E-state index contributed by atoms with van der Waals surface area (Å²) >= 11 is 3.05. The average molecular weight is 333 g/mol. The van der Waals surface area contributed by atoms with Crippen molar-refractivity contribution in [3.63, 3.8) is 0 Å². The van der Waals surface area contributed by atoms with Crippen LogP contribution >= 0.6 is 15.9 Å². The first-order valence-corrected chi connectivity index (χ1v) is 6.79. The highest BCUT2D eigenvalue weighted by Gasteiger charge is 2.38. The predicted octanol–water partition coefficient (Wildman–Crippen LogP) is 2.44. The standard InChI is InChI=1S/C13H15BrF2N2O/c1-13(2)12(19)17-5-6-18(13)7-8-10(15)4-3-9(14)11(8)16/h3-4H,5-7H2,1-2H3,(H,17,19). The second-order valence-electron chi connectivity index (χ2n) is 5.06. The van der Waals surface area contributed by atoms with Crippen LogP contribution in [0.5, 0.6) is 0 Å². The van der Waals surface area contributed by atoms with Gasteiger partial charge in [0.15, 0.2) is 0 Å². The third kappa shape index (κ3) is 2.65. The fraction of sp³-hybridized carbons (Fsp3) is 0.462. The van der Waals surface area contributed by atoms with Gasteiger partial charge in [0.25, 0.3) is 0 Å². The van der Waals surface area contributed by atoms with E-state index in [-0.39, 0.29) is 22.5 Å². The molecule has 0 aliphatic carbocycles. The van der Waals surface area contributed by atoms with E-state index in [4.69, 9.17) is 0 Å². The Morgan fingerprint density at radius 1 is 1.42 bits per heavy atom. The van der Waals surface area contributed by atoms with Gasteiger partial charge in [-0.15, -0.1) is 0 Å². The van der Waals surface area contributed by atoms with E-state index in [1.807, 2.05) is 0 Å². The van der Waals surface area contributed by atoms with Gasteiger partial charge in [0.2, 0.25) is 5.91 Å². The highest BCUT2D eigenvalue weighted by Crippen LogP contribution is 2.26. The zero-order valence-electron chi connectivity index (χ0n) is 10.8. The van der Waals surface area contributed by atoms with Crippen LogP contribution in [0.25, 0.3) is 0 Å². The van der Waals surface area contributed by atoms with Crippen molar-refractivity contribution in [1.82, 2.24) is 10.2 Å². The molecular weight excluding hydrogens is 318 g/mol. The van der Waals surface area contributed by atoms with Crippen LogP contribution in [-0.4, -0.2) is 29.4 Å². The lowest BCUT2D eigenvalue weighted by molar-refractivity contribution is -0.135. The second-order valence-corrected chi connectivity index (χ2v) is 5.91. The SMILES string of the molecule is CC1(C)C(=O)NCCN1Cc1c(F)ccc(Br)c1F. The molecule has 2 rings (SSSR count). The molecule has 6 heteroatoms. The number of halogens is 3. The van der Waals surface area contributed by atoms with Crippen LogP contribution in [-0.2, 0) is 11.3 Å². The minimum atomic E-state index is -0.778. The van der Waals surface area contributed by atoms with Gasteiger partial charge in [-0.3, -0.25) is 9.69 Å². The Balaban J connectivity index is 2.31. The van der Waals surface area contributed by atoms with E-state index in [1.165, 1.54) is 12.1 Å². The Labute approximate surface area is 119 Å². The van der Waals surface area contributed by atoms with Crippen LogP contribution in [0.4, 0.5) is 8.78 Å². The normalized spacial score (nSPS) is 19.3. The third-order valence-electron chi connectivity index (χ3n) is 3.50. The summed E-state index contributed by atoms with van der Waals surface area (Å²) in [5.74, 6) is -1.33. The summed E-state index contributed by atoms with van der Waals surface area (Å²) in [6.45, 7) is 4.60. The molecule has 1 aliphatic rings. The molecule has 1 heterocycles. The van der Waals surface area contributed by atoms with E-state index >= 15 is 0 Å². The molecule has 1 N–H and O–H groups in total. The molecule has 1 fully saturated rings. The number of rotatable bonds is 2. The van der Waals surface area contributed by atoms with Crippen molar-refractivity contribution in [3.8, 4) is 0 Å². The molecule has 0 aromatic heterocycles. The maximum Gasteiger partial charge on any atom is 0.240 e. The van der Waals surface area contributed by atoms with Crippen LogP contribution in [0, 0.1) is 11.6 Å². The average Bonchev–Trinajstić information content (AvgIpc) is 2.35. The molecule has 0 unspecified atom stereocenters. The zero-order valence-corrected chi connectivity index (χ0v) is 12.4. The smallest absolute Gasteiger partial charge is 0.240 e. The molecule has 0 saturated carbocycles. The van der Waals surface area contributed by atoms with E-state index in [0.29, 0.717) is 13.1 Å². The minimum Gasteiger partial charge on any atom is -0.353 e. The van der Waals surface area contributed by atoms with Crippen molar-refractivity contribution < 1.29 is 13.6 Å². The lowest BCUT2D eigenvalue weighted by Crippen LogP contribution is -2.61. The summed E-state index contributed by atoms with van der Waals surface area (Å²) in [4.78, 5) is 13.6. The summed E-state index contributed by atoms with van der Waals surface area (Å²) in [6.07, 6.45) is 0. The molecule has 1 aromatic carbocycles. The molecule has 3 nitrogen and oxygen atoms in total. The fourth-order valence-electron chi connectivity index (χ4n) is 2.13. The van der Waals surface area contributed by atoms with Gasteiger partial charge in [-0.1, -0.05) is 0 Å². The van der Waals surface area contributed by atoms with Gasteiger partial charge >= 0.3 is 0 Å². The minimum absolute atomic E-state index is 0.0165. The summed E-state index contributed by atoms with van der Waals surface area (Å²) in [5, 5.41) is 2.75. The fourth-order valence-corrected chi connectivity index (χ4v) is 2.50. The molecule has 1 saturated heterocycles. The maximum atomic E-state index is 14.0. The van der Waals surface area contributed by atoms with Crippen LogP contribution in [0.1, 0.15) is 19.4 Å². The Bertz CT molecular complexity index is 520. The van der Waals surface area contributed by atoms with Gasteiger partial charge in [0.1, 0.15) is 11.6 Å². The molecule has 1 amide bonds. The van der Waals surface area contributed by atoms with Gasteiger partial charge in [0.05, 0.1) is 10.0 Å². The number of nitrogens with one attached hydrogen (secondary N) is 1. The zero-order chi connectivity index (χ0) is 14.2. The first kappa shape index (κ1) is 14.4. The molecular formula is C13H15BrF2N2O. The van der Waals surface area contributed by atoms with Crippen molar-refractivity contribution in [2.75, 3.05) is 13.1 Å². The van der Waals surface area contributed by atoms with E-state index < -0.39 is 17.2 Å². The molecule has 1 aliphatic heterocycles. The van der Waals surface area contributed by atoms with Crippen molar-refractivity contribution in [2.45, 2.75) is 25.9 Å². The number of piperazine rings is 1. The topological polar surface area (TPSA) is 32.3 Å². The number of hydrogen-bond acceptors (Lipinski definition) is 2. The summed E-state index contributed by atoms with van der Waals surface area (Å²) in [6, 6.07) is 2.56. The largest absolute Gasteiger partial charge is 0.353 e. The lowest BCUT2D eigenvalue weighted by Gasteiger charge is -2.41. The number of nitrogens with zero attached hydrogens (tertiary/aromatic N) is 1. The Kier molecular flexibility index (Phi) is 3.92. The van der Waals surface area contributed by atoms with Crippen LogP contribution in [0.3, 0.4) is 0 Å². The van der Waals surface area contributed by atoms with E-state index in [9.17, 15) is 13.6 Å². The van der Waals surface area contributed by atoms with Gasteiger partial charge in [-0.05, 0) is 41.9 Å². The number of carbonyl (C=O) groups excluding carboxylic acids is 1. The van der Waals surface area contributed by atoms with Gasteiger partial charge < -0.3 is 5.32 Å². The Hall–Kier alpha value is -1.01. The molecule has 0 spiro atoms. The summed E-state index contributed by atoms with van der Waals surface area (Å²) in [5.41, 5.74) is -0.795. The number of carbonyl (C=O) groups is 1. The number of hydrogen-bond donors (Lipinski definition) is 1. The highest BCUT2D eigenvalue weighted by atomic mass is 79.9. The predicted molar refractivity (Wildman–Crippen MR) is 71.6 cm³/mol. The summed E-state index contributed by atoms with van der Waals surface area (Å²) < 4.78 is 27.9. The lowest BCUT2D eigenvalue weighted by atomic mass is 9.98. The Morgan fingerprint density at radius 2 is 2.11 bits per heavy atom. The first-order valence-electron chi connectivity index (χ1n) is 5.99. The van der Waals surface area contributed by atoms with Crippen LogP contribution < -0.4 is 5.32 Å².